The summed E-state index contributed by atoms with van der Waals surface area (Å²) in [5.41, 5.74) is 1.41. The van der Waals surface area contributed by atoms with Crippen molar-refractivity contribution in [2.45, 2.75) is 18.6 Å². The number of nitriles is 1. The molecule has 2 aliphatic rings. The Balaban J connectivity index is 1.61. The molecule has 7 nitrogen and oxygen atoms in total. The largest absolute Gasteiger partial charge is 0.486 e. The SMILES string of the molecule is COCCCN1C(=O)C(Oc2ccc(C#N)cc2)C1c1cccc2c1OCCO2. The van der Waals surface area contributed by atoms with Gasteiger partial charge in [-0.3, -0.25) is 4.79 Å². The van der Waals surface area contributed by atoms with Crippen LogP contribution in [0.5, 0.6) is 17.2 Å². The number of hydrogen-bond acceptors (Lipinski definition) is 6. The second kappa shape index (κ2) is 8.41. The number of hydrogen-bond donors (Lipinski definition) is 0. The molecule has 150 valence electrons. The Morgan fingerprint density at radius 1 is 1.17 bits per heavy atom. The van der Waals surface area contributed by atoms with Crippen LogP contribution < -0.4 is 14.2 Å². The van der Waals surface area contributed by atoms with Gasteiger partial charge in [-0.2, -0.15) is 5.26 Å². The van der Waals surface area contributed by atoms with Crippen LogP contribution in [0.2, 0.25) is 0 Å². The quantitative estimate of drug-likeness (QED) is 0.531. The maximum absolute atomic E-state index is 12.9. The average molecular weight is 394 g/mol. The Morgan fingerprint density at radius 2 is 1.97 bits per heavy atom. The van der Waals surface area contributed by atoms with Gasteiger partial charge >= 0.3 is 0 Å². The van der Waals surface area contributed by atoms with E-state index in [1.54, 1.807) is 36.3 Å². The number of likely N-dealkylation sites (tertiary alicyclic amines) is 1. The number of β-lactam (4-membered cyclic amide) rings is 1. The predicted octanol–water partition coefficient (Wildman–Crippen LogP) is 2.70. The third kappa shape index (κ3) is 3.71. The smallest absolute Gasteiger partial charge is 0.266 e. The fourth-order valence-corrected chi connectivity index (χ4v) is 3.68. The van der Waals surface area contributed by atoms with Crippen molar-refractivity contribution in [3.8, 4) is 23.3 Å². The lowest BCUT2D eigenvalue weighted by atomic mass is 9.89. The van der Waals surface area contributed by atoms with Crippen LogP contribution in [-0.2, 0) is 9.53 Å². The number of rotatable bonds is 7. The summed E-state index contributed by atoms with van der Waals surface area (Å²) in [4.78, 5) is 14.7. The summed E-state index contributed by atoms with van der Waals surface area (Å²) in [7, 11) is 1.64. The molecule has 1 fully saturated rings. The van der Waals surface area contributed by atoms with Crippen molar-refractivity contribution in [2.24, 2.45) is 0 Å². The van der Waals surface area contributed by atoms with Gasteiger partial charge in [-0.05, 0) is 36.8 Å². The van der Waals surface area contributed by atoms with Crippen LogP contribution in [0.1, 0.15) is 23.6 Å². The molecule has 4 rings (SSSR count). The Labute approximate surface area is 169 Å². The molecule has 2 unspecified atom stereocenters. The van der Waals surface area contributed by atoms with Crippen molar-refractivity contribution in [2.75, 3.05) is 33.5 Å². The van der Waals surface area contributed by atoms with E-state index in [-0.39, 0.29) is 11.9 Å². The summed E-state index contributed by atoms with van der Waals surface area (Å²) in [5, 5.41) is 8.96. The molecule has 2 aromatic rings. The Hall–Kier alpha value is -3.24. The average Bonchev–Trinajstić information content (AvgIpc) is 2.77. The van der Waals surface area contributed by atoms with E-state index in [1.807, 2.05) is 18.2 Å². The lowest BCUT2D eigenvalue weighted by molar-refractivity contribution is -0.164. The van der Waals surface area contributed by atoms with Gasteiger partial charge in [-0.1, -0.05) is 12.1 Å². The second-order valence-corrected chi connectivity index (χ2v) is 6.87. The van der Waals surface area contributed by atoms with E-state index in [4.69, 9.17) is 24.2 Å². The summed E-state index contributed by atoms with van der Waals surface area (Å²) >= 11 is 0. The molecular formula is C22H22N2O5. The molecule has 0 aliphatic carbocycles. The van der Waals surface area contributed by atoms with Crippen molar-refractivity contribution in [1.29, 1.82) is 5.26 Å². The van der Waals surface area contributed by atoms with Gasteiger partial charge in [-0.15, -0.1) is 0 Å². The van der Waals surface area contributed by atoms with Gasteiger partial charge in [0.2, 0.25) is 6.10 Å². The first-order valence-electron chi connectivity index (χ1n) is 9.57. The highest BCUT2D eigenvalue weighted by Gasteiger charge is 2.51. The van der Waals surface area contributed by atoms with Crippen LogP contribution in [0, 0.1) is 11.3 Å². The van der Waals surface area contributed by atoms with Crippen LogP contribution in [0.15, 0.2) is 42.5 Å². The van der Waals surface area contributed by atoms with E-state index in [9.17, 15) is 4.79 Å². The monoisotopic (exact) mass is 394 g/mol. The summed E-state index contributed by atoms with van der Waals surface area (Å²) in [6, 6.07) is 14.3. The van der Waals surface area contributed by atoms with Crippen molar-refractivity contribution in [3.63, 3.8) is 0 Å². The molecule has 7 heteroatoms. The van der Waals surface area contributed by atoms with Crippen LogP contribution in [-0.4, -0.2) is 50.4 Å². The minimum absolute atomic E-state index is 0.0789. The number of carbonyl (C=O) groups excluding carboxylic acids is 1. The third-order valence-corrected chi connectivity index (χ3v) is 5.06. The molecule has 0 aromatic heterocycles. The fraction of sp³-hybridized carbons (Fsp3) is 0.364. The number of fused-ring (bicyclic) bond motifs is 1. The number of ether oxygens (including phenoxy) is 4. The van der Waals surface area contributed by atoms with E-state index in [2.05, 4.69) is 6.07 Å². The molecule has 0 bridgehead atoms. The van der Waals surface area contributed by atoms with Crippen molar-refractivity contribution in [3.05, 3.63) is 53.6 Å². The molecule has 29 heavy (non-hydrogen) atoms. The highest BCUT2D eigenvalue weighted by Crippen LogP contribution is 2.45. The zero-order chi connectivity index (χ0) is 20.2. The summed E-state index contributed by atoms with van der Waals surface area (Å²) in [5.74, 6) is 1.82. The minimum Gasteiger partial charge on any atom is -0.486 e. The zero-order valence-electron chi connectivity index (χ0n) is 16.2. The zero-order valence-corrected chi connectivity index (χ0v) is 16.2. The van der Waals surface area contributed by atoms with Gasteiger partial charge in [0.1, 0.15) is 25.0 Å². The molecule has 2 atom stereocenters. The predicted molar refractivity (Wildman–Crippen MR) is 104 cm³/mol. The van der Waals surface area contributed by atoms with Crippen molar-refractivity contribution >= 4 is 5.91 Å². The lowest BCUT2D eigenvalue weighted by Crippen LogP contribution is -2.61. The summed E-state index contributed by atoms with van der Waals surface area (Å²) in [6.07, 6.45) is 0.0665. The minimum atomic E-state index is -0.664. The molecule has 2 aromatic carbocycles. The van der Waals surface area contributed by atoms with Gasteiger partial charge in [0, 0.05) is 25.8 Å². The highest BCUT2D eigenvalue weighted by molar-refractivity contribution is 5.89. The standard InChI is InChI=1S/C22H22N2O5/c1-26-11-3-10-24-19(17-4-2-5-18-20(17)28-13-12-27-18)21(22(24)25)29-16-8-6-15(14-23)7-9-16/h2,4-9,19,21H,3,10-13H2,1H3. The van der Waals surface area contributed by atoms with E-state index >= 15 is 0 Å². The number of methoxy groups -OCH3 is 1. The number of para-hydroxylation sites is 1. The van der Waals surface area contributed by atoms with E-state index in [0.29, 0.717) is 49.2 Å². The van der Waals surface area contributed by atoms with Gasteiger partial charge in [0.05, 0.1) is 11.6 Å². The number of amides is 1. The number of carbonyl (C=O) groups is 1. The molecule has 0 N–H and O–H groups in total. The van der Waals surface area contributed by atoms with Gasteiger partial charge in [0.15, 0.2) is 11.5 Å². The first kappa shape index (κ1) is 19.1. The van der Waals surface area contributed by atoms with Crippen LogP contribution in [0.4, 0.5) is 0 Å². The molecule has 2 heterocycles. The van der Waals surface area contributed by atoms with Crippen LogP contribution >= 0.6 is 0 Å². The Morgan fingerprint density at radius 3 is 2.72 bits per heavy atom. The third-order valence-electron chi connectivity index (χ3n) is 5.06. The van der Waals surface area contributed by atoms with Gasteiger partial charge in [-0.25, -0.2) is 0 Å². The number of benzene rings is 2. The molecule has 1 saturated heterocycles. The van der Waals surface area contributed by atoms with Crippen molar-refractivity contribution < 1.29 is 23.7 Å². The molecule has 0 radical (unpaired) electrons. The maximum atomic E-state index is 12.9. The summed E-state index contributed by atoms with van der Waals surface area (Å²) in [6.45, 7) is 2.11. The molecule has 0 spiro atoms. The highest BCUT2D eigenvalue weighted by atomic mass is 16.6. The van der Waals surface area contributed by atoms with Gasteiger partial charge < -0.3 is 23.8 Å². The van der Waals surface area contributed by atoms with Crippen LogP contribution in [0.3, 0.4) is 0 Å². The molecular weight excluding hydrogens is 372 g/mol. The summed E-state index contributed by atoms with van der Waals surface area (Å²) < 4.78 is 22.7. The van der Waals surface area contributed by atoms with E-state index in [1.165, 1.54) is 0 Å². The molecule has 1 amide bonds. The van der Waals surface area contributed by atoms with Crippen molar-refractivity contribution in [1.82, 2.24) is 4.90 Å². The number of nitrogens with zero attached hydrogens (tertiary/aromatic N) is 2. The maximum Gasteiger partial charge on any atom is 0.266 e. The topological polar surface area (TPSA) is 81.0 Å². The normalized spacial score (nSPS) is 20.0. The first-order chi connectivity index (χ1) is 14.2. The second-order valence-electron chi connectivity index (χ2n) is 6.87. The van der Waals surface area contributed by atoms with E-state index in [0.717, 1.165) is 12.0 Å². The molecule has 2 aliphatic heterocycles. The first-order valence-corrected chi connectivity index (χ1v) is 9.57. The fourth-order valence-electron chi connectivity index (χ4n) is 3.68. The van der Waals surface area contributed by atoms with Crippen LogP contribution in [0.25, 0.3) is 0 Å². The Bertz CT molecular complexity index is 922. The lowest BCUT2D eigenvalue weighted by Gasteiger charge is -2.47. The Kier molecular flexibility index (Phi) is 5.54. The molecule has 0 saturated carbocycles. The van der Waals surface area contributed by atoms with E-state index < -0.39 is 6.10 Å². The van der Waals surface area contributed by atoms with Gasteiger partial charge in [0.25, 0.3) is 5.91 Å².